The van der Waals surface area contributed by atoms with E-state index in [0.29, 0.717) is 11.3 Å². The Kier molecular flexibility index (Phi) is 4.64. The fourth-order valence-corrected chi connectivity index (χ4v) is 3.92. The van der Waals surface area contributed by atoms with Gasteiger partial charge in [0.1, 0.15) is 0 Å². The third-order valence-electron chi connectivity index (χ3n) is 5.54. The summed E-state index contributed by atoms with van der Waals surface area (Å²) in [6, 6.07) is 22.8. The Hall–Kier alpha value is -4.12. The SMILES string of the molecule is Cc1ccc(C(=O)Nc2ccc3c(c2)Cc2ccccc2-3)cc1NC(=O)c1ccco1. The van der Waals surface area contributed by atoms with Crippen molar-refractivity contribution in [3.63, 3.8) is 0 Å². The molecule has 1 aliphatic carbocycles. The number of nitrogens with one attached hydrogen (secondary N) is 2. The summed E-state index contributed by atoms with van der Waals surface area (Å²) in [7, 11) is 0. The second kappa shape index (κ2) is 7.61. The molecule has 1 aliphatic rings. The van der Waals surface area contributed by atoms with Crippen molar-refractivity contribution in [2.24, 2.45) is 0 Å². The molecular formula is C26H20N2O3. The third kappa shape index (κ3) is 3.62. The summed E-state index contributed by atoms with van der Waals surface area (Å²) in [4.78, 5) is 25.2. The third-order valence-corrected chi connectivity index (χ3v) is 5.54. The number of benzene rings is 3. The number of aryl methyl sites for hydroxylation is 1. The molecule has 0 unspecified atom stereocenters. The van der Waals surface area contributed by atoms with E-state index in [-0.39, 0.29) is 17.6 Å². The highest BCUT2D eigenvalue weighted by Crippen LogP contribution is 2.37. The molecule has 5 heteroatoms. The van der Waals surface area contributed by atoms with Gasteiger partial charge in [-0.1, -0.05) is 36.4 Å². The Bertz CT molecular complexity index is 1310. The van der Waals surface area contributed by atoms with E-state index in [1.165, 1.54) is 28.5 Å². The standard InChI is InChI=1S/C26H20N2O3/c1-16-8-9-18(15-23(16)28-26(30)24-7-4-12-31-24)25(29)27-20-10-11-22-19(14-20)13-17-5-2-3-6-21(17)22/h2-12,14-15H,13H2,1H3,(H,27,29)(H,28,30). The molecule has 3 aromatic carbocycles. The van der Waals surface area contributed by atoms with E-state index in [1.807, 2.05) is 37.3 Å². The number of furan rings is 1. The Morgan fingerprint density at radius 3 is 2.48 bits per heavy atom. The Morgan fingerprint density at radius 1 is 0.806 bits per heavy atom. The largest absolute Gasteiger partial charge is 0.459 e. The fraction of sp³-hybridized carbons (Fsp3) is 0.0769. The lowest BCUT2D eigenvalue weighted by atomic mass is 10.1. The lowest BCUT2D eigenvalue weighted by molar-refractivity contribution is 0.0993. The maximum Gasteiger partial charge on any atom is 0.291 e. The lowest BCUT2D eigenvalue weighted by Crippen LogP contribution is -2.15. The van der Waals surface area contributed by atoms with Gasteiger partial charge in [-0.25, -0.2) is 0 Å². The lowest BCUT2D eigenvalue weighted by Gasteiger charge is -2.11. The second-order valence-corrected chi connectivity index (χ2v) is 7.62. The Labute approximate surface area is 179 Å². The van der Waals surface area contributed by atoms with Crippen molar-refractivity contribution in [2.45, 2.75) is 13.3 Å². The number of hydrogen-bond donors (Lipinski definition) is 2. The molecule has 5 rings (SSSR count). The average Bonchev–Trinajstić information content (AvgIpc) is 3.43. The summed E-state index contributed by atoms with van der Waals surface area (Å²) in [5, 5.41) is 5.78. The summed E-state index contributed by atoms with van der Waals surface area (Å²) < 4.78 is 5.13. The number of hydrogen-bond acceptors (Lipinski definition) is 3. The molecule has 0 radical (unpaired) electrons. The molecule has 0 atom stereocenters. The highest BCUT2D eigenvalue weighted by Gasteiger charge is 2.19. The van der Waals surface area contributed by atoms with Crippen LogP contribution in [0, 0.1) is 6.92 Å². The molecule has 0 saturated carbocycles. The van der Waals surface area contributed by atoms with Crippen LogP contribution in [-0.2, 0) is 6.42 Å². The molecule has 5 nitrogen and oxygen atoms in total. The van der Waals surface area contributed by atoms with Crippen LogP contribution in [0.1, 0.15) is 37.6 Å². The Morgan fingerprint density at radius 2 is 1.65 bits per heavy atom. The minimum Gasteiger partial charge on any atom is -0.459 e. The van der Waals surface area contributed by atoms with Gasteiger partial charge in [-0.3, -0.25) is 9.59 Å². The molecule has 2 amide bonds. The van der Waals surface area contributed by atoms with Gasteiger partial charge in [-0.15, -0.1) is 0 Å². The predicted molar refractivity (Wildman–Crippen MR) is 120 cm³/mol. The van der Waals surface area contributed by atoms with Gasteiger partial charge in [0.2, 0.25) is 0 Å². The van der Waals surface area contributed by atoms with Gasteiger partial charge in [0.25, 0.3) is 11.8 Å². The summed E-state index contributed by atoms with van der Waals surface area (Å²) >= 11 is 0. The molecule has 0 spiro atoms. The first-order chi connectivity index (χ1) is 15.1. The molecular weight excluding hydrogens is 388 g/mol. The molecule has 0 bridgehead atoms. The van der Waals surface area contributed by atoms with Gasteiger partial charge in [-0.05, 0) is 77.6 Å². The normalized spacial score (nSPS) is 11.5. The van der Waals surface area contributed by atoms with E-state index < -0.39 is 0 Å². The molecule has 2 N–H and O–H groups in total. The zero-order valence-electron chi connectivity index (χ0n) is 16.9. The van der Waals surface area contributed by atoms with Gasteiger partial charge in [0.05, 0.1) is 6.26 Å². The van der Waals surface area contributed by atoms with Crippen LogP contribution in [0.3, 0.4) is 0 Å². The highest BCUT2D eigenvalue weighted by atomic mass is 16.3. The first-order valence-corrected chi connectivity index (χ1v) is 10.1. The van der Waals surface area contributed by atoms with Crippen molar-refractivity contribution in [1.29, 1.82) is 0 Å². The summed E-state index contributed by atoms with van der Waals surface area (Å²) in [5.41, 5.74) is 7.61. The van der Waals surface area contributed by atoms with Crippen LogP contribution in [0.5, 0.6) is 0 Å². The van der Waals surface area contributed by atoms with Crippen molar-refractivity contribution in [3.8, 4) is 11.1 Å². The smallest absolute Gasteiger partial charge is 0.291 e. The molecule has 1 aromatic heterocycles. The monoisotopic (exact) mass is 408 g/mol. The minimum absolute atomic E-state index is 0.216. The van der Waals surface area contributed by atoms with Gasteiger partial charge in [0, 0.05) is 16.9 Å². The van der Waals surface area contributed by atoms with Crippen LogP contribution in [0.25, 0.3) is 11.1 Å². The molecule has 0 saturated heterocycles. The first-order valence-electron chi connectivity index (χ1n) is 10.1. The van der Waals surface area contributed by atoms with Crippen molar-refractivity contribution in [1.82, 2.24) is 0 Å². The van der Waals surface area contributed by atoms with Gasteiger partial charge < -0.3 is 15.1 Å². The van der Waals surface area contributed by atoms with Crippen molar-refractivity contribution >= 4 is 23.2 Å². The van der Waals surface area contributed by atoms with E-state index in [1.54, 1.807) is 24.3 Å². The number of carbonyl (C=O) groups is 2. The molecule has 4 aromatic rings. The predicted octanol–water partition coefficient (Wildman–Crippen LogP) is 5.66. The second-order valence-electron chi connectivity index (χ2n) is 7.62. The molecule has 0 aliphatic heterocycles. The average molecular weight is 408 g/mol. The summed E-state index contributed by atoms with van der Waals surface area (Å²) in [6.45, 7) is 1.87. The fourth-order valence-electron chi connectivity index (χ4n) is 3.92. The number of anilines is 2. The van der Waals surface area contributed by atoms with Crippen LogP contribution in [0.15, 0.2) is 83.5 Å². The van der Waals surface area contributed by atoms with E-state index in [4.69, 9.17) is 4.42 Å². The number of fused-ring (bicyclic) bond motifs is 3. The van der Waals surface area contributed by atoms with E-state index in [0.717, 1.165) is 17.7 Å². The zero-order chi connectivity index (χ0) is 21.4. The molecule has 152 valence electrons. The van der Waals surface area contributed by atoms with Crippen LogP contribution in [0.4, 0.5) is 11.4 Å². The zero-order valence-corrected chi connectivity index (χ0v) is 16.9. The van der Waals surface area contributed by atoms with Gasteiger partial charge in [0.15, 0.2) is 5.76 Å². The topological polar surface area (TPSA) is 71.3 Å². The van der Waals surface area contributed by atoms with Crippen LogP contribution in [-0.4, -0.2) is 11.8 Å². The van der Waals surface area contributed by atoms with Crippen LogP contribution < -0.4 is 10.6 Å². The van der Waals surface area contributed by atoms with Crippen LogP contribution >= 0.6 is 0 Å². The van der Waals surface area contributed by atoms with E-state index >= 15 is 0 Å². The first kappa shape index (κ1) is 18.9. The number of carbonyl (C=O) groups excluding carboxylic acids is 2. The van der Waals surface area contributed by atoms with Crippen molar-refractivity contribution in [2.75, 3.05) is 10.6 Å². The maximum atomic E-state index is 12.9. The molecule has 1 heterocycles. The summed E-state index contributed by atoms with van der Waals surface area (Å²) in [5.74, 6) is -0.374. The maximum absolute atomic E-state index is 12.9. The van der Waals surface area contributed by atoms with E-state index in [9.17, 15) is 9.59 Å². The quantitative estimate of drug-likeness (QED) is 0.403. The number of amides is 2. The van der Waals surface area contributed by atoms with Crippen molar-refractivity contribution < 1.29 is 14.0 Å². The van der Waals surface area contributed by atoms with E-state index in [2.05, 4.69) is 28.8 Å². The van der Waals surface area contributed by atoms with Crippen LogP contribution in [0.2, 0.25) is 0 Å². The number of rotatable bonds is 4. The Balaban J connectivity index is 1.34. The highest BCUT2D eigenvalue weighted by molar-refractivity contribution is 6.07. The summed E-state index contributed by atoms with van der Waals surface area (Å²) in [6.07, 6.45) is 2.31. The minimum atomic E-state index is -0.358. The van der Waals surface area contributed by atoms with Gasteiger partial charge in [-0.2, -0.15) is 0 Å². The molecule has 0 fully saturated rings. The molecule has 31 heavy (non-hydrogen) atoms. The van der Waals surface area contributed by atoms with Gasteiger partial charge >= 0.3 is 0 Å². The van der Waals surface area contributed by atoms with Crippen molar-refractivity contribution in [3.05, 3.63) is 107 Å².